The number of rotatable bonds is 5. The molecule has 0 aromatic heterocycles. The van der Waals surface area contributed by atoms with E-state index >= 15 is 0 Å². The molecule has 0 heterocycles. The maximum Gasteiger partial charge on any atom is 0.139 e. The molecule has 0 bridgehead atoms. The van der Waals surface area contributed by atoms with Gasteiger partial charge in [0.1, 0.15) is 5.78 Å². The summed E-state index contributed by atoms with van der Waals surface area (Å²) < 4.78 is 0. The smallest absolute Gasteiger partial charge is 0.139 e. The normalized spacial score (nSPS) is 13.9. The number of allylic oxidation sites excluding steroid dienone is 3. The van der Waals surface area contributed by atoms with E-state index in [9.17, 15) is 4.79 Å². The molecule has 0 rings (SSSR count). The Bertz CT molecular complexity index is 182. The minimum absolute atomic E-state index is 0.0384. The van der Waals surface area contributed by atoms with Crippen LogP contribution in [0.3, 0.4) is 0 Å². The minimum Gasteiger partial charge on any atom is -0.394 e. The van der Waals surface area contributed by atoms with Gasteiger partial charge in [0.25, 0.3) is 0 Å². The van der Waals surface area contributed by atoms with Crippen LogP contribution in [0, 0.1) is 5.92 Å². The van der Waals surface area contributed by atoms with E-state index in [1.54, 1.807) is 0 Å². The van der Waals surface area contributed by atoms with Gasteiger partial charge in [-0.05, 0) is 12.3 Å². The summed E-state index contributed by atoms with van der Waals surface area (Å²) in [6.07, 6.45) is 8.09. The maximum atomic E-state index is 11.1. The van der Waals surface area contributed by atoms with Crippen molar-refractivity contribution >= 4 is 5.78 Å². The summed E-state index contributed by atoms with van der Waals surface area (Å²) in [6, 6.07) is 0. The monoisotopic (exact) mass is 167 g/mol. The topological polar surface area (TPSA) is 29.1 Å². The number of nitrogens with one attached hydrogen (secondary N) is 1. The van der Waals surface area contributed by atoms with E-state index in [0.29, 0.717) is 6.42 Å². The lowest BCUT2D eigenvalue weighted by Gasteiger charge is -1.99. The molecule has 1 unspecified atom stereocenters. The molecular weight excluding hydrogens is 150 g/mol. The molecule has 0 aromatic rings. The van der Waals surface area contributed by atoms with E-state index in [0.717, 1.165) is 0 Å². The van der Waals surface area contributed by atoms with Crippen LogP contribution in [-0.4, -0.2) is 12.8 Å². The molecule has 0 aromatic carbocycles. The molecular formula is C10H17NO. The SMILES string of the molecule is CCC(=O)C(C)/C=C/C=C/NC. The second kappa shape index (κ2) is 6.65. The Kier molecular flexibility index (Phi) is 6.07. The summed E-state index contributed by atoms with van der Waals surface area (Å²) in [5, 5.41) is 2.87. The summed E-state index contributed by atoms with van der Waals surface area (Å²) in [6.45, 7) is 3.80. The van der Waals surface area contributed by atoms with Gasteiger partial charge in [0.2, 0.25) is 0 Å². The molecule has 12 heavy (non-hydrogen) atoms. The maximum absolute atomic E-state index is 11.1. The largest absolute Gasteiger partial charge is 0.394 e. The van der Waals surface area contributed by atoms with Crippen molar-refractivity contribution in [2.75, 3.05) is 7.05 Å². The van der Waals surface area contributed by atoms with E-state index in [2.05, 4.69) is 5.32 Å². The molecule has 0 saturated heterocycles. The Labute approximate surface area is 74.4 Å². The van der Waals surface area contributed by atoms with Gasteiger partial charge in [-0.1, -0.05) is 26.0 Å². The lowest BCUT2D eigenvalue weighted by atomic mass is 10.0. The first-order valence-corrected chi connectivity index (χ1v) is 4.25. The highest BCUT2D eigenvalue weighted by Crippen LogP contribution is 2.01. The number of carbonyl (C=O) groups is 1. The molecule has 0 saturated carbocycles. The van der Waals surface area contributed by atoms with Crippen LogP contribution >= 0.6 is 0 Å². The zero-order chi connectivity index (χ0) is 9.40. The molecule has 0 aliphatic carbocycles. The van der Waals surface area contributed by atoms with Crippen molar-refractivity contribution in [1.82, 2.24) is 5.32 Å². The van der Waals surface area contributed by atoms with Crippen LogP contribution in [0.25, 0.3) is 0 Å². The van der Waals surface area contributed by atoms with Crippen LogP contribution in [0.2, 0.25) is 0 Å². The van der Waals surface area contributed by atoms with E-state index < -0.39 is 0 Å². The predicted molar refractivity (Wildman–Crippen MR) is 51.8 cm³/mol. The first-order chi connectivity index (χ1) is 5.72. The zero-order valence-corrected chi connectivity index (χ0v) is 8.00. The van der Waals surface area contributed by atoms with Gasteiger partial charge in [-0.3, -0.25) is 4.79 Å². The molecule has 68 valence electrons. The van der Waals surface area contributed by atoms with Crippen LogP contribution < -0.4 is 5.32 Å². The standard InChI is InChI=1S/C10H17NO/c1-4-10(12)9(2)7-5-6-8-11-3/h5-9,11H,4H2,1-3H3/b7-5+,8-6+. The van der Waals surface area contributed by atoms with Crippen LogP contribution in [0.1, 0.15) is 20.3 Å². The molecule has 1 atom stereocenters. The van der Waals surface area contributed by atoms with Crippen LogP contribution in [0.4, 0.5) is 0 Å². The summed E-state index contributed by atoms with van der Waals surface area (Å²) in [7, 11) is 1.84. The van der Waals surface area contributed by atoms with Gasteiger partial charge in [0.15, 0.2) is 0 Å². The third kappa shape index (κ3) is 4.72. The van der Waals surface area contributed by atoms with Crippen molar-refractivity contribution in [3.05, 3.63) is 24.4 Å². The predicted octanol–water partition coefficient (Wildman–Crippen LogP) is 1.89. The average molecular weight is 167 g/mol. The van der Waals surface area contributed by atoms with Gasteiger partial charge in [-0.25, -0.2) is 0 Å². The second-order valence-corrected chi connectivity index (χ2v) is 2.64. The first-order valence-electron chi connectivity index (χ1n) is 4.25. The number of ketones is 1. The van der Waals surface area contributed by atoms with Crippen molar-refractivity contribution in [2.24, 2.45) is 5.92 Å². The Morgan fingerprint density at radius 2 is 2.17 bits per heavy atom. The van der Waals surface area contributed by atoms with Crippen molar-refractivity contribution < 1.29 is 4.79 Å². The minimum atomic E-state index is 0.0384. The summed E-state index contributed by atoms with van der Waals surface area (Å²) in [5.74, 6) is 0.320. The lowest BCUT2D eigenvalue weighted by Crippen LogP contribution is -2.05. The molecule has 0 aliphatic heterocycles. The number of hydrogen-bond acceptors (Lipinski definition) is 2. The van der Waals surface area contributed by atoms with Crippen LogP contribution in [-0.2, 0) is 4.79 Å². The van der Waals surface area contributed by atoms with Gasteiger partial charge in [0, 0.05) is 19.4 Å². The number of hydrogen-bond donors (Lipinski definition) is 1. The van der Waals surface area contributed by atoms with E-state index in [1.807, 2.05) is 45.3 Å². The Balaban J connectivity index is 3.82. The fourth-order valence-corrected chi connectivity index (χ4v) is 0.812. The average Bonchev–Trinajstić information content (AvgIpc) is 2.10. The molecule has 1 N–H and O–H groups in total. The van der Waals surface area contributed by atoms with Gasteiger partial charge in [-0.2, -0.15) is 0 Å². The Morgan fingerprint density at radius 1 is 1.50 bits per heavy atom. The summed E-state index contributed by atoms with van der Waals surface area (Å²) in [5.41, 5.74) is 0. The lowest BCUT2D eigenvalue weighted by molar-refractivity contribution is -0.120. The number of carbonyl (C=O) groups excluding carboxylic acids is 1. The summed E-state index contributed by atoms with van der Waals surface area (Å²) in [4.78, 5) is 11.1. The van der Waals surface area contributed by atoms with Crippen molar-refractivity contribution in [2.45, 2.75) is 20.3 Å². The first kappa shape index (κ1) is 11.0. The molecule has 0 aliphatic rings. The Morgan fingerprint density at radius 3 is 2.67 bits per heavy atom. The highest BCUT2D eigenvalue weighted by molar-refractivity contribution is 5.81. The summed E-state index contributed by atoms with van der Waals surface area (Å²) >= 11 is 0. The van der Waals surface area contributed by atoms with E-state index in [-0.39, 0.29) is 11.7 Å². The molecule has 0 radical (unpaired) electrons. The van der Waals surface area contributed by atoms with Crippen molar-refractivity contribution in [3.63, 3.8) is 0 Å². The molecule has 2 heteroatoms. The van der Waals surface area contributed by atoms with Gasteiger partial charge >= 0.3 is 0 Å². The third-order valence-electron chi connectivity index (χ3n) is 1.63. The van der Waals surface area contributed by atoms with E-state index in [4.69, 9.17) is 0 Å². The Hall–Kier alpha value is -1.05. The second-order valence-electron chi connectivity index (χ2n) is 2.64. The molecule has 0 amide bonds. The molecule has 0 fully saturated rings. The number of Topliss-reactive ketones (excluding diaryl/α,β-unsaturated/α-hetero) is 1. The van der Waals surface area contributed by atoms with Gasteiger partial charge in [-0.15, -0.1) is 0 Å². The fourth-order valence-electron chi connectivity index (χ4n) is 0.812. The van der Waals surface area contributed by atoms with Crippen molar-refractivity contribution in [3.8, 4) is 0 Å². The van der Waals surface area contributed by atoms with Crippen molar-refractivity contribution in [1.29, 1.82) is 0 Å². The highest BCUT2D eigenvalue weighted by Gasteiger charge is 2.04. The quantitative estimate of drug-likeness (QED) is 0.633. The van der Waals surface area contributed by atoms with Gasteiger partial charge in [0.05, 0.1) is 0 Å². The third-order valence-corrected chi connectivity index (χ3v) is 1.63. The van der Waals surface area contributed by atoms with Crippen LogP contribution in [0.15, 0.2) is 24.4 Å². The fraction of sp³-hybridized carbons (Fsp3) is 0.500. The van der Waals surface area contributed by atoms with Gasteiger partial charge < -0.3 is 5.32 Å². The molecule has 0 spiro atoms. The molecule has 2 nitrogen and oxygen atoms in total. The van der Waals surface area contributed by atoms with Crippen LogP contribution in [0.5, 0.6) is 0 Å². The zero-order valence-electron chi connectivity index (χ0n) is 8.00. The highest BCUT2D eigenvalue weighted by atomic mass is 16.1. The van der Waals surface area contributed by atoms with E-state index in [1.165, 1.54) is 0 Å².